The number of imidazole rings is 1. The van der Waals surface area contributed by atoms with Gasteiger partial charge in [-0.25, -0.2) is 9.78 Å². The number of hydrogen-bond donors (Lipinski definition) is 19. The standard InChI is InChI=1S/C78H118N20O17/c1-6-7-18-53(68(104)96-61(78(114)115)37-46-23-25-49(99)26-24-46)90-75(111)63-22-15-34-98(63)77(113)56(28-30-65(83)101)88-66(102)42-86-74(110)62-21-14-33-97(62)76(112)55(20-11-13-32-80)91-71(107)58(36-45(4)5)93-69(105)54(27-29-64(82)100)89-70(106)57(35-44(2)3)94-72(108)59(38-47-40-85-52-19-9-8-16-50(47)52)95-73(109)60(39-48-41-84-43-87-48)92-67(103)51(81)17-10-12-31-79/h8-9,16,19,23-26,40-41,43-45,51,53-63,85,99H,6-7,10-15,17-18,20-22,27-39,42,79-81H2,1-5H3,(H2,82,100)(H2,83,101)(H,84,87)(H,86,110)(H,88,102)(H,89,106)(H,90,111)(H,91,107)(H,92,103)(H,93,105)(H,94,108)(H,95,109)(H,96,104)(H,114,115)/t51-,53-,54-,55-,56-,57-,58-,59-,60-,61-,62-,63-/m0/s1. The Balaban J connectivity index is 1.14. The van der Waals surface area contributed by atoms with Crippen LogP contribution in [0.3, 0.4) is 0 Å². The number of benzene rings is 2. The minimum atomic E-state index is -1.57. The van der Waals surface area contributed by atoms with E-state index < -0.39 is 174 Å². The highest BCUT2D eigenvalue weighted by Gasteiger charge is 2.43. The first-order chi connectivity index (χ1) is 54.8. The van der Waals surface area contributed by atoms with E-state index in [0.717, 1.165) is 10.9 Å². The molecule has 0 radical (unpaired) electrons. The van der Waals surface area contributed by atoms with Crippen molar-refractivity contribution in [3.63, 3.8) is 0 Å². The number of amides is 14. The van der Waals surface area contributed by atoms with Gasteiger partial charge < -0.3 is 112 Å². The Bertz CT molecular complexity index is 3950. The lowest BCUT2D eigenvalue weighted by atomic mass is 9.99. The number of hydrogen-bond acceptors (Lipinski definition) is 20. The maximum absolute atomic E-state index is 14.9. The number of aliphatic carboxylic acids is 1. The van der Waals surface area contributed by atoms with Crippen LogP contribution in [0, 0.1) is 11.8 Å². The quantitative estimate of drug-likeness (QED) is 0.0225. The number of aromatic amines is 2. The molecule has 37 heteroatoms. The minimum Gasteiger partial charge on any atom is -0.508 e. The number of para-hydroxylation sites is 1. The van der Waals surface area contributed by atoms with Crippen molar-refractivity contribution < 1.29 is 82.1 Å². The molecule has 14 amide bonds. The third kappa shape index (κ3) is 30.0. The molecule has 0 saturated carbocycles. The summed E-state index contributed by atoms with van der Waals surface area (Å²) in [6.45, 7) is 8.90. The summed E-state index contributed by atoms with van der Waals surface area (Å²) >= 11 is 0. The van der Waals surface area contributed by atoms with Gasteiger partial charge >= 0.3 is 5.97 Å². The zero-order chi connectivity index (χ0) is 84.4. The van der Waals surface area contributed by atoms with Crippen LogP contribution in [0.25, 0.3) is 10.9 Å². The van der Waals surface area contributed by atoms with Crippen molar-refractivity contribution in [2.24, 2.45) is 40.5 Å². The van der Waals surface area contributed by atoms with Crippen molar-refractivity contribution in [2.75, 3.05) is 32.7 Å². The molecule has 115 heavy (non-hydrogen) atoms. The summed E-state index contributed by atoms with van der Waals surface area (Å²) in [7, 11) is 0. The predicted octanol–water partition coefficient (Wildman–Crippen LogP) is -1.43. The number of likely N-dealkylation sites (tertiary alicyclic amines) is 2. The number of aromatic nitrogens is 3. The van der Waals surface area contributed by atoms with Gasteiger partial charge in [0, 0.05) is 74.2 Å². The van der Waals surface area contributed by atoms with Crippen LogP contribution in [0.1, 0.15) is 173 Å². The van der Waals surface area contributed by atoms with Crippen molar-refractivity contribution >= 4 is 99.6 Å². The largest absolute Gasteiger partial charge is 0.508 e. The molecule has 12 atom stereocenters. The van der Waals surface area contributed by atoms with Gasteiger partial charge in [-0.2, -0.15) is 0 Å². The molecule has 2 saturated heterocycles. The van der Waals surface area contributed by atoms with Gasteiger partial charge in [-0.3, -0.25) is 67.1 Å². The summed E-state index contributed by atoms with van der Waals surface area (Å²) < 4.78 is 0. The zero-order valence-electron chi connectivity index (χ0n) is 66.3. The van der Waals surface area contributed by atoms with E-state index in [1.807, 2.05) is 25.1 Å². The number of rotatable bonds is 50. The van der Waals surface area contributed by atoms with Gasteiger partial charge in [0.1, 0.15) is 72.2 Å². The minimum absolute atomic E-state index is 0.0161. The van der Waals surface area contributed by atoms with Crippen LogP contribution in [-0.2, 0) is 91.2 Å². The van der Waals surface area contributed by atoms with Crippen molar-refractivity contribution in [2.45, 2.75) is 248 Å². The van der Waals surface area contributed by atoms with Crippen molar-refractivity contribution in [1.82, 2.24) is 77.9 Å². The summed E-state index contributed by atoms with van der Waals surface area (Å²) in [6, 6.07) is -2.75. The van der Waals surface area contributed by atoms with Crippen molar-refractivity contribution in [3.8, 4) is 5.75 Å². The molecular formula is C78H118N20O17. The molecule has 37 nitrogen and oxygen atoms in total. The number of aromatic hydroxyl groups is 1. The highest BCUT2D eigenvalue weighted by molar-refractivity contribution is 6.00. The van der Waals surface area contributed by atoms with E-state index in [4.69, 9.17) is 28.7 Å². The number of unbranched alkanes of at least 4 members (excludes halogenated alkanes) is 3. The van der Waals surface area contributed by atoms with Gasteiger partial charge in [-0.05, 0) is 144 Å². The predicted molar refractivity (Wildman–Crippen MR) is 423 cm³/mol. The summed E-state index contributed by atoms with van der Waals surface area (Å²) in [4.78, 5) is 222. The molecule has 2 aromatic carbocycles. The average Bonchev–Trinajstić information content (AvgIpc) is 1.73. The molecule has 2 aliphatic rings. The number of nitrogens with one attached hydrogen (secondary N) is 12. The molecule has 2 aromatic heterocycles. The van der Waals surface area contributed by atoms with Crippen LogP contribution in [0.2, 0.25) is 0 Å². The molecule has 0 spiro atoms. The number of carboxylic acid groups (broad SMARTS) is 1. The second-order valence-corrected chi connectivity index (χ2v) is 30.3. The topological polar surface area (TPSA) is 598 Å². The lowest BCUT2D eigenvalue weighted by molar-refractivity contribution is -0.144. The zero-order valence-corrected chi connectivity index (χ0v) is 66.3. The lowest BCUT2D eigenvalue weighted by Crippen LogP contribution is -2.61. The number of phenols is 1. The molecule has 0 aliphatic carbocycles. The summed E-state index contributed by atoms with van der Waals surface area (Å²) in [6.07, 6.45) is 6.93. The smallest absolute Gasteiger partial charge is 0.326 e. The molecule has 6 rings (SSSR count). The Labute approximate surface area is 668 Å². The summed E-state index contributed by atoms with van der Waals surface area (Å²) in [5.74, 6) is -13.1. The number of nitrogens with zero attached hydrogens (tertiary/aromatic N) is 3. The van der Waals surface area contributed by atoms with Gasteiger partial charge in [-0.15, -0.1) is 0 Å². The second-order valence-electron chi connectivity index (χ2n) is 30.3. The van der Waals surface area contributed by atoms with E-state index in [-0.39, 0.29) is 121 Å². The van der Waals surface area contributed by atoms with Crippen molar-refractivity contribution in [1.29, 1.82) is 0 Å². The fourth-order valence-corrected chi connectivity index (χ4v) is 13.9. The molecule has 4 aromatic rings. The van der Waals surface area contributed by atoms with Crippen LogP contribution in [0.15, 0.2) is 67.3 Å². The summed E-state index contributed by atoms with van der Waals surface area (Å²) in [5, 5.41) is 47.2. The Morgan fingerprint density at radius 1 is 0.522 bits per heavy atom. The van der Waals surface area contributed by atoms with E-state index >= 15 is 0 Å². The molecular weight excluding hydrogens is 1490 g/mol. The summed E-state index contributed by atoms with van der Waals surface area (Å²) in [5.41, 5.74) is 31.2. The van der Waals surface area contributed by atoms with E-state index in [0.29, 0.717) is 74.7 Å². The van der Waals surface area contributed by atoms with Crippen LogP contribution in [0.4, 0.5) is 0 Å². The number of carboxylic acids is 1. The molecule has 24 N–H and O–H groups in total. The van der Waals surface area contributed by atoms with Crippen LogP contribution >= 0.6 is 0 Å². The first-order valence-corrected chi connectivity index (χ1v) is 39.7. The molecule has 0 bridgehead atoms. The fraction of sp³-hybridized carbons (Fsp3) is 0.590. The van der Waals surface area contributed by atoms with E-state index in [9.17, 15) is 82.1 Å². The normalized spacial score (nSPS) is 16.6. The lowest BCUT2D eigenvalue weighted by Gasteiger charge is -2.31. The molecule has 2 fully saturated rings. The van der Waals surface area contributed by atoms with Gasteiger partial charge in [0.15, 0.2) is 0 Å². The first-order valence-electron chi connectivity index (χ1n) is 39.7. The van der Waals surface area contributed by atoms with Crippen LogP contribution < -0.4 is 81.8 Å². The SMILES string of the molecule is CCCC[C@H](NC(=O)[C@@H]1CCCN1C(=O)[C@H](CCC(N)=O)NC(=O)CNC(=O)[C@@H]1CCCN1C(=O)[C@H](CCCCN)NC(=O)[C@H](CC(C)C)NC(=O)[C@H](CCC(N)=O)NC(=O)[C@H](CC(C)C)NC(=O)[C@H](Cc1c[nH]c2ccccc12)NC(=O)[C@H](Cc1cnc[nH]1)NC(=O)[C@@H](N)CCCCN)C(=O)N[C@@H](Cc1ccc(O)cc1)C(=O)O. The Hall–Kier alpha value is -11.1. The van der Waals surface area contributed by atoms with Gasteiger partial charge in [0.2, 0.25) is 82.7 Å². The maximum atomic E-state index is 14.9. The van der Waals surface area contributed by atoms with E-state index in [2.05, 4.69) is 68.1 Å². The Morgan fingerprint density at radius 2 is 1.00 bits per heavy atom. The molecule has 0 unspecified atom stereocenters. The van der Waals surface area contributed by atoms with Gasteiger partial charge in [0.25, 0.3) is 0 Å². The monoisotopic (exact) mass is 1610 g/mol. The maximum Gasteiger partial charge on any atom is 0.326 e. The second kappa shape index (κ2) is 46.9. The number of H-pyrrole nitrogens is 2. The number of primary amides is 2. The third-order valence-corrected chi connectivity index (χ3v) is 20.1. The number of carbonyl (C=O) groups is 15. The van der Waals surface area contributed by atoms with E-state index in [1.165, 1.54) is 46.6 Å². The first kappa shape index (κ1) is 92.8. The number of carbonyl (C=O) groups excluding carboxylic acids is 14. The van der Waals surface area contributed by atoms with Crippen LogP contribution in [-0.4, -0.2) is 229 Å². The highest BCUT2D eigenvalue weighted by atomic mass is 16.4. The van der Waals surface area contributed by atoms with Crippen molar-refractivity contribution in [3.05, 3.63) is 84.1 Å². The molecule has 632 valence electrons. The van der Waals surface area contributed by atoms with Gasteiger partial charge in [-0.1, -0.05) is 84.2 Å². The van der Waals surface area contributed by atoms with Crippen LogP contribution in [0.5, 0.6) is 5.75 Å². The number of nitrogens with two attached hydrogens (primary N) is 5. The van der Waals surface area contributed by atoms with Gasteiger partial charge in [0.05, 0.1) is 18.9 Å². The van der Waals surface area contributed by atoms with E-state index in [1.54, 1.807) is 40.0 Å². The number of fused-ring (bicyclic) bond motifs is 1. The Morgan fingerprint density at radius 3 is 1.55 bits per heavy atom. The molecule has 2 aliphatic heterocycles. The Kier molecular flexibility index (Phi) is 37.9. The number of phenolic OH excluding ortho intramolecular Hbond substituents is 1. The highest BCUT2D eigenvalue weighted by Crippen LogP contribution is 2.25. The average molecular weight is 1610 g/mol. The molecule has 4 heterocycles. The fourth-order valence-electron chi connectivity index (χ4n) is 13.9. The third-order valence-electron chi connectivity index (χ3n) is 20.1.